The van der Waals surface area contributed by atoms with Crippen LogP contribution < -0.4 is 16.4 Å². The van der Waals surface area contributed by atoms with Crippen molar-refractivity contribution in [2.45, 2.75) is 25.3 Å². The molecular weight excluding hydrogens is 268 g/mol. The molecule has 2 rings (SSSR count). The molecule has 6 nitrogen and oxygen atoms in total. The van der Waals surface area contributed by atoms with Crippen LogP contribution in [-0.2, 0) is 4.79 Å². The van der Waals surface area contributed by atoms with Crippen LogP contribution in [0.25, 0.3) is 0 Å². The zero-order valence-electron chi connectivity index (χ0n) is 10.3. The maximum atomic E-state index is 11.8. The molecule has 0 bridgehead atoms. The summed E-state index contributed by atoms with van der Waals surface area (Å²) in [5.41, 5.74) is 6.11. The molecule has 0 saturated heterocycles. The SMILES string of the molecule is Nc1cnc(Cl)c(C(=O)NCCC(=O)NC2CC2)c1. The maximum Gasteiger partial charge on any atom is 0.254 e. The second-order valence-corrected chi connectivity index (χ2v) is 4.81. The van der Waals surface area contributed by atoms with E-state index in [1.807, 2.05) is 0 Å². The lowest BCUT2D eigenvalue weighted by molar-refractivity contribution is -0.121. The van der Waals surface area contributed by atoms with Gasteiger partial charge in [0.2, 0.25) is 5.91 Å². The van der Waals surface area contributed by atoms with E-state index in [9.17, 15) is 9.59 Å². The molecule has 19 heavy (non-hydrogen) atoms. The first kappa shape index (κ1) is 13.6. The Morgan fingerprint density at radius 1 is 1.47 bits per heavy atom. The second kappa shape index (κ2) is 5.88. The number of hydrogen-bond acceptors (Lipinski definition) is 4. The number of carbonyl (C=O) groups is 2. The second-order valence-electron chi connectivity index (χ2n) is 4.45. The third-order valence-corrected chi connectivity index (χ3v) is 2.99. The summed E-state index contributed by atoms with van der Waals surface area (Å²) in [6.07, 6.45) is 3.71. The van der Waals surface area contributed by atoms with Crippen molar-refractivity contribution in [1.29, 1.82) is 0 Å². The molecule has 0 aliphatic heterocycles. The van der Waals surface area contributed by atoms with Gasteiger partial charge in [-0.1, -0.05) is 11.6 Å². The largest absolute Gasteiger partial charge is 0.397 e. The molecular formula is C12H15ClN4O2. The van der Waals surface area contributed by atoms with E-state index >= 15 is 0 Å². The normalized spacial score (nSPS) is 13.9. The molecule has 2 amide bonds. The van der Waals surface area contributed by atoms with Gasteiger partial charge < -0.3 is 16.4 Å². The monoisotopic (exact) mass is 282 g/mol. The van der Waals surface area contributed by atoms with Crippen molar-refractivity contribution in [3.05, 3.63) is 23.0 Å². The van der Waals surface area contributed by atoms with Crippen LogP contribution in [0.2, 0.25) is 5.15 Å². The number of carbonyl (C=O) groups excluding carboxylic acids is 2. The minimum Gasteiger partial charge on any atom is -0.397 e. The highest BCUT2D eigenvalue weighted by Crippen LogP contribution is 2.18. The molecule has 0 unspecified atom stereocenters. The first-order valence-electron chi connectivity index (χ1n) is 6.05. The quantitative estimate of drug-likeness (QED) is 0.693. The van der Waals surface area contributed by atoms with E-state index in [0.717, 1.165) is 12.8 Å². The van der Waals surface area contributed by atoms with Crippen LogP contribution in [0.5, 0.6) is 0 Å². The van der Waals surface area contributed by atoms with Crippen LogP contribution >= 0.6 is 11.6 Å². The minimum atomic E-state index is -0.385. The summed E-state index contributed by atoms with van der Waals surface area (Å²) in [6, 6.07) is 1.78. The zero-order chi connectivity index (χ0) is 13.8. The smallest absolute Gasteiger partial charge is 0.254 e. The Morgan fingerprint density at radius 2 is 2.21 bits per heavy atom. The number of rotatable bonds is 5. The topological polar surface area (TPSA) is 97.1 Å². The Hall–Kier alpha value is -1.82. The summed E-state index contributed by atoms with van der Waals surface area (Å²) >= 11 is 5.80. The number of halogens is 1. The molecule has 1 aromatic rings. The van der Waals surface area contributed by atoms with Crippen molar-refractivity contribution in [2.24, 2.45) is 0 Å². The number of nitrogens with one attached hydrogen (secondary N) is 2. The van der Waals surface area contributed by atoms with Crippen LogP contribution in [0.1, 0.15) is 29.6 Å². The lowest BCUT2D eigenvalue weighted by atomic mass is 10.2. The number of aromatic nitrogens is 1. The summed E-state index contributed by atoms with van der Waals surface area (Å²) in [6.45, 7) is 0.252. The Morgan fingerprint density at radius 3 is 2.89 bits per heavy atom. The van der Waals surface area contributed by atoms with Gasteiger partial charge in [-0.05, 0) is 18.9 Å². The van der Waals surface area contributed by atoms with Gasteiger partial charge in [0.05, 0.1) is 17.4 Å². The maximum absolute atomic E-state index is 11.8. The van der Waals surface area contributed by atoms with Gasteiger partial charge in [-0.3, -0.25) is 9.59 Å². The fraction of sp³-hybridized carbons (Fsp3) is 0.417. The summed E-state index contributed by atoms with van der Waals surface area (Å²) in [5, 5.41) is 5.54. The summed E-state index contributed by atoms with van der Waals surface area (Å²) in [4.78, 5) is 27.0. The third-order valence-electron chi connectivity index (χ3n) is 2.68. The Kier molecular flexibility index (Phi) is 4.21. The van der Waals surface area contributed by atoms with E-state index in [1.165, 1.54) is 12.3 Å². The van der Waals surface area contributed by atoms with Crippen LogP contribution in [0.4, 0.5) is 5.69 Å². The molecule has 7 heteroatoms. The highest BCUT2D eigenvalue weighted by Gasteiger charge is 2.22. The van der Waals surface area contributed by atoms with Gasteiger partial charge >= 0.3 is 0 Å². The van der Waals surface area contributed by atoms with Gasteiger partial charge in [0.1, 0.15) is 5.15 Å². The Labute approximate surface area is 115 Å². The number of nitrogens with two attached hydrogens (primary N) is 1. The first-order valence-corrected chi connectivity index (χ1v) is 6.42. The van der Waals surface area contributed by atoms with Gasteiger partial charge in [0.25, 0.3) is 5.91 Å². The van der Waals surface area contributed by atoms with Crippen molar-refractivity contribution >= 4 is 29.1 Å². The molecule has 1 saturated carbocycles. The molecule has 102 valence electrons. The van der Waals surface area contributed by atoms with Crippen molar-refractivity contribution < 1.29 is 9.59 Å². The van der Waals surface area contributed by atoms with E-state index in [1.54, 1.807) is 0 Å². The van der Waals surface area contributed by atoms with E-state index in [-0.39, 0.29) is 35.5 Å². The van der Waals surface area contributed by atoms with E-state index in [0.29, 0.717) is 11.7 Å². The molecule has 1 fully saturated rings. The zero-order valence-corrected chi connectivity index (χ0v) is 11.0. The highest BCUT2D eigenvalue weighted by atomic mass is 35.5. The van der Waals surface area contributed by atoms with Gasteiger partial charge in [-0.25, -0.2) is 4.98 Å². The van der Waals surface area contributed by atoms with Gasteiger partial charge in [-0.2, -0.15) is 0 Å². The van der Waals surface area contributed by atoms with Gasteiger partial charge in [-0.15, -0.1) is 0 Å². The van der Waals surface area contributed by atoms with Crippen molar-refractivity contribution in [1.82, 2.24) is 15.6 Å². The molecule has 1 aromatic heterocycles. The predicted octanol–water partition coefficient (Wildman–Crippen LogP) is 0.716. The van der Waals surface area contributed by atoms with Crippen LogP contribution in [0.3, 0.4) is 0 Å². The molecule has 4 N–H and O–H groups in total. The van der Waals surface area contributed by atoms with E-state index in [2.05, 4.69) is 15.6 Å². The highest BCUT2D eigenvalue weighted by molar-refractivity contribution is 6.32. The van der Waals surface area contributed by atoms with Crippen LogP contribution in [0.15, 0.2) is 12.3 Å². The third kappa shape index (κ3) is 4.10. The lowest BCUT2D eigenvalue weighted by Gasteiger charge is -2.07. The van der Waals surface area contributed by atoms with Crippen LogP contribution in [-0.4, -0.2) is 29.4 Å². The van der Waals surface area contributed by atoms with Gasteiger partial charge in [0, 0.05) is 19.0 Å². The Balaban J connectivity index is 1.80. The summed E-state index contributed by atoms with van der Waals surface area (Å²) in [5.74, 6) is -0.441. The van der Waals surface area contributed by atoms with Crippen LogP contribution in [0, 0.1) is 0 Å². The molecule has 0 radical (unpaired) electrons. The number of hydrogen-bond donors (Lipinski definition) is 3. The number of nitrogens with zero attached hydrogens (tertiary/aromatic N) is 1. The average Bonchev–Trinajstić information content (AvgIpc) is 3.16. The average molecular weight is 283 g/mol. The van der Waals surface area contributed by atoms with E-state index < -0.39 is 0 Å². The molecule has 1 heterocycles. The van der Waals surface area contributed by atoms with Gasteiger partial charge in [0.15, 0.2) is 0 Å². The predicted molar refractivity (Wildman–Crippen MR) is 71.8 cm³/mol. The lowest BCUT2D eigenvalue weighted by Crippen LogP contribution is -2.31. The summed E-state index contributed by atoms with van der Waals surface area (Å²) < 4.78 is 0. The van der Waals surface area contributed by atoms with Crippen molar-refractivity contribution in [3.63, 3.8) is 0 Å². The fourth-order valence-corrected chi connectivity index (χ4v) is 1.72. The first-order chi connectivity index (χ1) is 9.06. The van der Waals surface area contributed by atoms with E-state index in [4.69, 9.17) is 17.3 Å². The molecule has 1 aliphatic carbocycles. The van der Waals surface area contributed by atoms with Crippen molar-refractivity contribution in [2.75, 3.05) is 12.3 Å². The Bertz CT molecular complexity index is 503. The molecule has 0 aromatic carbocycles. The fourth-order valence-electron chi connectivity index (χ4n) is 1.54. The standard InChI is InChI=1S/C12H15ClN4O2/c13-11-9(5-7(14)6-16-11)12(19)15-4-3-10(18)17-8-1-2-8/h5-6,8H,1-4,14H2,(H,15,19)(H,17,18). The minimum absolute atomic E-state index is 0.0559. The number of amides is 2. The molecule has 0 atom stereocenters. The molecule has 1 aliphatic rings. The number of pyridine rings is 1. The van der Waals surface area contributed by atoms with Crippen molar-refractivity contribution in [3.8, 4) is 0 Å². The molecule has 0 spiro atoms. The summed E-state index contributed by atoms with van der Waals surface area (Å²) in [7, 11) is 0. The number of nitrogen functional groups attached to an aromatic ring is 1. The number of anilines is 1.